The number of phenols is 1. The zero-order chi connectivity index (χ0) is 20.7. The number of hydrogen-bond acceptors (Lipinski definition) is 4. The predicted octanol–water partition coefficient (Wildman–Crippen LogP) is 5.33. The first kappa shape index (κ1) is 19.5. The number of aryl methyl sites for hydroxylation is 2. The molecule has 2 fully saturated rings. The highest BCUT2D eigenvalue weighted by Gasteiger charge is 2.53. The molecule has 0 radical (unpaired) electrons. The highest BCUT2D eigenvalue weighted by Crippen LogP contribution is 2.60. The van der Waals surface area contributed by atoms with Crippen LogP contribution >= 0.6 is 0 Å². The van der Waals surface area contributed by atoms with Crippen LogP contribution in [0.25, 0.3) is 0 Å². The van der Waals surface area contributed by atoms with Crippen molar-refractivity contribution in [3.05, 3.63) is 47.3 Å². The minimum absolute atomic E-state index is 0.177. The Morgan fingerprint density at radius 2 is 2.13 bits per heavy atom. The van der Waals surface area contributed by atoms with Crippen LogP contribution in [-0.4, -0.2) is 26.8 Å². The summed E-state index contributed by atoms with van der Waals surface area (Å²) < 4.78 is 1.99. The van der Waals surface area contributed by atoms with Crippen LogP contribution in [-0.2, 0) is 13.0 Å². The van der Waals surface area contributed by atoms with Gasteiger partial charge in [-0.15, -0.1) is 0 Å². The summed E-state index contributed by atoms with van der Waals surface area (Å²) in [4.78, 5) is 0. The summed E-state index contributed by atoms with van der Waals surface area (Å²) >= 11 is 0. The van der Waals surface area contributed by atoms with E-state index in [0.29, 0.717) is 17.6 Å². The molecule has 2 aromatic rings. The van der Waals surface area contributed by atoms with Crippen LogP contribution in [0.4, 0.5) is 0 Å². The lowest BCUT2D eigenvalue weighted by atomic mass is 9.55. The van der Waals surface area contributed by atoms with E-state index in [1.165, 1.54) is 42.5 Å². The highest BCUT2D eigenvalue weighted by atomic mass is 16.3. The summed E-state index contributed by atoms with van der Waals surface area (Å²) in [5, 5.41) is 23.5. The van der Waals surface area contributed by atoms with Gasteiger partial charge in [-0.2, -0.15) is 15.3 Å². The maximum Gasteiger partial charge on any atom is 0.115 e. The standard InChI is InChI=1S/C25H32N4O/c1-3-14-29-18(11-13-27-29)16-26-28-24-9-8-23-22-6-4-17-15-19(30)5-7-20(17)21(22)10-12-25(23,24)2/h5,7,11,13,15-16,21-23,30H,3-4,6,8-10,12,14H2,1-2H3/b26-16-,28-24-/t21-,22-,23-,25+/m1/s1. The molecule has 3 aliphatic carbocycles. The van der Waals surface area contributed by atoms with Crippen LogP contribution in [0.2, 0.25) is 0 Å². The minimum Gasteiger partial charge on any atom is -0.508 e. The van der Waals surface area contributed by atoms with E-state index >= 15 is 0 Å². The van der Waals surface area contributed by atoms with Crippen LogP contribution in [0.5, 0.6) is 5.75 Å². The molecule has 5 rings (SSSR count). The molecule has 2 saturated carbocycles. The molecule has 0 bridgehead atoms. The van der Waals surface area contributed by atoms with E-state index in [9.17, 15) is 5.11 Å². The molecule has 0 unspecified atom stereocenters. The molecule has 0 spiro atoms. The Hall–Kier alpha value is -2.43. The fourth-order valence-electron chi connectivity index (χ4n) is 6.53. The fraction of sp³-hybridized carbons (Fsp3) is 0.560. The van der Waals surface area contributed by atoms with Gasteiger partial charge in [-0.25, -0.2) is 0 Å². The first-order valence-electron chi connectivity index (χ1n) is 11.5. The van der Waals surface area contributed by atoms with Crippen LogP contribution in [0.1, 0.15) is 75.1 Å². The van der Waals surface area contributed by atoms with Gasteiger partial charge in [0.1, 0.15) is 5.75 Å². The third-order valence-electron chi connectivity index (χ3n) is 8.00. The van der Waals surface area contributed by atoms with Crippen molar-refractivity contribution in [2.75, 3.05) is 0 Å². The number of aromatic nitrogens is 2. The van der Waals surface area contributed by atoms with Gasteiger partial charge in [0, 0.05) is 23.9 Å². The van der Waals surface area contributed by atoms with Crippen LogP contribution in [0.15, 0.2) is 40.7 Å². The second kappa shape index (κ2) is 7.68. The van der Waals surface area contributed by atoms with Crippen molar-refractivity contribution >= 4 is 11.9 Å². The zero-order valence-electron chi connectivity index (χ0n) is 18.1. The maximum absolute atomic E-state index is 9.87. The molecule has 1 N–H and O–H groups in total. The number of nitrogens with zero attached hydrogens (tertiary/aromatic N) is 4. The van der Waals surface area contributed by atoms with E-state index in [0.717, 1.165) is 37.4 Å². The molecule has 1 heterocycles. The third kappa shape index (κ3) is 3.19. The largest absolute Gasteiger partial charge is 0.508 e. The molecule has 0 aliphatic heterocycles. The van der Waals surface area contributed by atoms with Gasteiger partial charge in [-0.05, 0) is 92.0 Å². The molecule has 3 aliphatic rings. The van der Waals surface area contributed by atoms with E-state index in [1.807, 2.05) is 35.3 Å². The molecule has 5 nitrogen and oxygen atoms in total. The monoisotopic (exact) mass is 404 g/mol. The first-order valence-corrected chi connectivity index (χ1v) is 11.5. The molecule has 1 aromatic carbocycles. The SMILES string of the molecule is CCCn1nccc1/C=N\N=C1\CC[C@@H]2[C@@H]3CCc4cc(O)ccc4[C@H]3CC[C@]12C. The molecule has 30 heavy (non-hydrogen) atoms. The molecule has 5 heteroatoms. The number of hydrogen-bond donors (Lipinski definition) is 1. The Morgan fingerprint density at radius 1 is 1.23 bits per heavy atom. The lowest BCUT2D eigenvalue weighted by Crippen LogP contribution is -2.42. The van der Waals surface area contributed by atoms with Gasteiger partial charge < -0.3 is 5.11 Å². The summed E-state index contributed by atoms with van der Waals surface area (Å²) in [6.45, 7) is 5.50. The van der Waals surface area contributed by atoms with Gasteiger partial charge in [0.25, 0.3) is 0 Å². The molecule has 0 saturated heterocycles. The van der Waals surface area contributed by atoms with Crippen LogP contribution in [0, 0.1) is 17.3 Å². The maximum atomic E-state index is 9.87. The van der Waals surface area contributed by atoms with Gasteiger partial charge in [-0.3, -0.25) is 4.68 Å². The Bertz CT molecular complexity index is 991. The van der Waals surface area contributed by atoms with Gasteiger partial charge in [0.2, 0.25) is 0 Å². The normalized spacial score (nSPS) is 31.7. The topological polar surface area (TPSA) is 62.8 Å². The molecule has 158 valence electrons. The van der Waals surface area contributed by atoms with Gasteiger partial charge in [0.15, 0.2) is 0 Å². The minimum atomic E-state index is 0.177. The third-order valence-corrected chi connectivity index (χ3v) is 8.00. The first-order chi connectivity index (χ1) is 14.6. The van der Waals surface area contributed by atoms with E-state index in [-0.39, 0.29) is 5.41 Å². The summed E-state index contributed by atoms with van der Waals surface area (Å²) in [5.41, 5.74) is 5.34. The van der Waals surface area contributed by atoms with Crippen molar-refractivity contribution in [1.82, 2.24) is 9.78 Å². The number of aromatic hydroxyl groups is 1. The quantitative estimate of drug-likeness (QED) is 0.553. The zero-order valence-corrected chi connectivity index (χ0v) is 18.1. The number of phenolic OH excluding ortho intramolecular Hbond substituents is 1. The lowest BCUT2D eigenvalue weighted by Gasteiger charge is -2.49. The van der Waals surface area contributed by atoms with E-state index in [1.54, 1.807) is 0 Å². The molecule has 0 amide bonds. The average Bonchev–Trinajstić information content (AvgIpc) is 3.32. The predicted molar refractivity (Wildman–Crippen MR) is 120 cm³/mol. The average molecular weight is 405 g/mol. The Morgan fingerprint density at radius 3 is 3.00 bits per heavy atom. The molecular formula is C25H32N4O. The molecule has 4 atom stereocenters. The second-order valence-corrected chi connectivity index (χ2v) is 9.56. The number of fused-ring (bicyclic) bond motifs is 5. The summed E-state index contributed by atoms with van der Waals surface area (Å²) in [6, 6.07) is 8.03. The summed E-state index contributed by atoms with van der Waals surface area (Å²) in [6.07, 6.45) is 11.8. The Balaban J connectivity index is 1.36. The number of rotatable bonds is 4. The highest BCUT2D eigenvalue weighted by molar-refractivity contribution is 5.93. The summed E-state index contributed by atoms with van der Waals surface area (Å²) in [7, 11) is 0. The Labute approximate surface area is 178 Å². The van der Waals surface area contributed by atoms with Gasteiger partial charge >= 0.3 is 0 Å². The van der Waals surface area contributed by atoms with Gasteiger partial charge in [0.05, 0.1) is 11.9 Å². The van der Waals surface area contributed by atoms with Crippen LogP contribution < -0.4 is 0 Å². The van der Waals surface area contributed by atoms with Crippen LogP contribution in [0.3, 0.4) is 0 Å². The summed E-state index contributed by atoms with van der Waals surface area (Å²) in [5.74, 6) is 2.46. The fourth-order valence-corrected chi connectivity index (χ4v) is 6.53. The second-order valence-electron chi connectivity index (χ2n) is 9.56. The van der Waals surface area contributed by atoms with Crippen molar-refractivity contribution in [1.29, 1.82) is 0 Å². The molecule has 1 aromatic heterocycles. The van der Waals surface area contributed by atoms with Crippen molar-refractivity contribution in [2.45, 2.75) is 71.3 Å². The van der Waals surface area contributed by atoms with E-state index in [2.05, 4.69) is 30.1 Å². The van der Waals surface area contributed by atoms with Crippen molar-refractivity contribution in [3.8, 4) is 5.75 Å². The lowest BCUT2D eigenvalue weighted by molar-refractivity contribution is 0.0955. The van der Waals surface area contributed by atoms with Crippen molar-refractivity contribution < 1.29 is 5.11 Å². The smallest absolute Gasteiger partial charge is 0.115 e. The Kier molecular flexibility index (Phi) is 5.00. The van der Waals surface area contributed by atoms with E-state index < -0.39 is 0 Å². The van der Waals surface area contributed by atoms with Crippen molar-refractivity contribution in [2.24, 2.45) is 27.5 Å². The van der Waals surface area contributed by atoms with Gasteiger partial charge in [-0.1, -0.05) is 19.9 Å². The van der Waals surface area contributed by atoms with Crippen molar-refractivity contribution in [3.63, 3.8) is 0 Å². The van der Waals surface area contributed by atoms with E-state index in [4.69, 9.17) is 5.10 Å². The number of benzene rings is 1. The molecular weight excluding hydrogens is 372 g/mol.